The fourth-order valence-electron chi connectivity index (χ4n) is 3.06. The summed E-state index contributed by atoms with van der Waals surface area (Å²) in [6, 6.07) is 22.9. The molecule has 0 saturated carbocycles. The lowest BCUT2D eigenvalue weighted by molar-refractivity contribution is 0.284. The van der Waals surface area contributed by atoms with Gasteiger partial charge in [0.25, 0.3) is 0 Å². The Morgan fingerprint density at radius 2 is 1.90 bits per heavy atom. The summed E-state index contributed by atoms with van der Waals surface area (Å²) in [5, 5.41) is 10.3. The molecule has 0 aliphatic carbocycles. The number of hydrogen-bond donors (Lipinski definition) is 1. The maximum absolute atomic E-state index is 9.64. The first-order chi connectivity index (χ1) is 14.7. The van der Waals surface area contributed by atoms with Crippen molar-refractivity contribution in [2.24, 2.45) is 0 Å². The van der Waals surface area contributed by atoms with Gasteiger partial charge in [0, 0.05) is 10.6 Å². The van der Waals surface area contributed by atoms with Crippen LogP contribution < -0.4 is 9.47 Å². The molecule has 3 aromatic carbocycles. The number of nitriles is 1. The molecule has 6 heteroatoms. The van der Waals surface area contributed by atoms with Crippen LogP contribution in [0.3, 0.4) is 0 Å². The highest BCUT2D eigenvalue weighted by molar-refractivity contribution is 6.31. The number of benzene rings is 3. The molecule has 0 amide bonds. The summed E-state index contributed by atoms with van der Waals surface area (Å²) in [5.41, 5.74) is 3.82. The first-order valence-corrected chi connectivity index (χ1v) is 9.67. The molecule has 0 radical (unpaired) electrons. The lowest BCUT2D eigenvalue weighted by Crippen LogP contribution is -1.98. The molecule has 4 aromatic rings. The standard InChI is InChI=1S/C24H18ClN3O2/c1-29-23-13-16(10-11-22(23)30-15-17-6-2-3-7-19(17)25)12-18(14-26)24-27-20-8-4-5-9-21(20)28-24/h2-13H,15H2,1H3,(H,27,28). The van der Waals surface area contributed by atoms with Gasteiger partial charge in [0.2, 0.25) is 0 Å². The second-order valence-electron chi connectivity index (χ2n) is 6.56. The fourth-order valence-corrected chi connectivity index (χ4v) is 3.26. The smallest absolute Gasteiger partial charge is 0.161 e. The van der Waals surface area contributed by atoms with Gasteiger partial charge in [-0.1, -0.05) is 48.0 Å². The van der Waals surface area contributed by atoms with Crippen LogP contribution in [0.4, 0.5) is 0 Å². The van der Waals surface area contributed by atoms with Crippen molar-refractivity contribution in [3.05, 3.63) is 88.7 Å². The summed E-state index contributed by atoms with van der Waals surface area (Å²) in [6.07, 6.45) is 1.76. The lowest BCUT2D eigenvalue weighted by Gasteiger charge is -2.12. The zero-order chi connectivity index (χ0) is 20.9. The van der Waals surface area contributed by atoms with Crippen LogP contribution in [0.5, 0.6) is 11.5 Å². The average Bonchev–Trinajstić information content (AvgIpc) is 3.21. The topological polar surface area (TPSA) is 70.9 Å². The van der Waals surface area contributed by atoms with E-state index in [9.17, 15) is 5.26 Å². The van der Waals surface area contributed by atoms with Crippen LogP contribution in [0, 0.1) is 11.3 Å². The minimum Gasteiger partial charge on any atom is -0.493 e. The molecule has 0 fully saturated rings. The Kier molecular flexibility index (Phi) is 5.69. The third kappa shape index (κ3) is 4.14. The van der Waals surface area contributed by atoms with Gasteiger partial charge in [-0.2, -0.15) is 5.26 Å². The number of aromatic nitrogens is 2. The number of para-hydroxylation sites is 2. The van der Waals surface area contributed by atoms with Crippen LogP contribution in [-0.4, -0.2) is 17.1 Å². The first-order valence-electron chi connectivity index (χ1n) is 9.29. The molecule has 5 nitrogen and oxygen atoms in total. The van der Waals surface area contributed by atoms with Crippen molar-refractivity contribution >= 4 is 34.3 Å². The highest BCUT2D eigenvalue weighted by Gasteiger charge is 2.10. The highest BCUT2D eigenvalue weighted by atomic mass is 35.5. The SMILES string of the molecule is COc1cc(C=C(C#N)c2nc3ccccc3[nH]2)ccc1OCc1ccccc1Cl. The van der Waals surface area contributed by atoms with Gasteiger partial charge in [-0.25, -0.2) is 4.98 Å². The van der Waals surface area contributed by atoms with E-state index in [2.05, 4.69) is 16.0 Å². The normalized spacial score (nSPS) is 11.3. The molecular formula is C24H18ClN3O2. The molecule has 4 rings (SSSR count). The first kappa shape index (κ1) is 19.6. The second kappa shape index (κ2) is 8.73. The van der Waals surface area contributed by atoms with E-state index in [1.807, 2.05) is 66.7 Å². The molecule has 148 valence electrons. The van der Waals surface area contributed by atoms with E-state index in [-0.39, 0.29) is 0 Å². The molecule has 1 N–H and O–H groups in total. The predicted octanol–water partition coefficient (Wildman–Crippen LogP) is 5.87. The van der Waals surface area contributed by atoms with E-state index in [4.69, 9.17) is 21.1 Å². The Bertz CT molecular complexity index is 1240. The van der Waals surface area contributed by atoms with Crippen molar-refractivity contribution in [1.82, 2.24) is 9.97 Å². The van der Waals surface area contributed by atoms with Gasteiger partial charge >= 0.3 is 0 Å². The summed E-state index contributed by atoms with van der Waals surface area (Å²) in [6.45, 7) is 0.327. The van der Waals surface area contributed by atoms with E-state index in [0.717, 1.165) is 22.2 Å². The number of halogens is 1. The number of rotatable bonds is 6. The summed E-state index contributed by atoms with van der Waals surface area (Å²) < 4.78 is 11.4. The van der Waals surface area contributed by atoms with Crippen LogP contribution >= 0.6 is 11.6 Å². The zero-order valence-electron chi connectivity index (χ0n) is 16.2. The van der Waals surface area contributed by atoms with Crippen molar-refractivity contribution < 1.29 is 9.47 Å². The molecule has 0 spiro atoms. The molecule has 0 bridgehead atoms. The predicted molar refractivity (Wildman–Crippen MR) is 118 cm³/mol. The van der Waals surface area contributed by atoms with Crippen molar-refractivity contribution in [3.8, 4) is 17.6 Å². The fraction of sp³-hybridized carbons (Fsp3) is 0.0833. The van der Waals surface area contributed by atoms with Gasteiger partial charge in [0.15, 0.2) is 11.5 Å². The molecule has 30 heavy (non-hydrogen) atoms. The summed E-state index contributed by atoms with van der Waals surface area (Å²) >= 11 is 6.19. The highest BCUT2D eigenvalue weighted by Crippen LogP contribution is 2.31. The monoisotopic (exact) mass is 415 g/mol. The zero-order valence-corrected chi connectivity index (χ0v) is 17.0. The maximum atomic E-state index is 9.64. The van der Waals surface area contributed by atoms with E-state index in [1.54, 1.807) is 13.2 Å². The van der Waals surface area contributed by atoms with Crippen LogP contribution in [-0.2, 0) is 6.61 Å². The van der Waals surface area contributed by atoms with Crippen molar-refractivity contribution in [3.63, 3.8) is 0 Å². The van der Waals surface area contributed by atoms with Crippen molar-refractivity contribution in [2.45, 2.75) is 6.61 Å². The summed E-state index contributed by atoms with van der Waals surface area (Å²) in [4.78, 5) is 7.68. The number of imidazole rings is 1. The average molecular weight is 416 g/mol. The quantitative estimate of drug-likeness (QED) is 0.400. The molecule has 0 aliphatic heterocycles. The molecule has 0 aliphatic rings. The minimum atomic E-state index is 0.327. The molecular weight excluding hydrogens is 398 g/mol. The number of nitrogens with zero attached hydrogens (tertiary/aromatic N) is 2. The van der Waals surface area contributed by atoms with Crippen LogP contribution in [0.1, 0.15) is 17.0 Å². The van der Waals surface area contributed by atoms with E-state index in [1.165, 1.54) is 0 Å². The van der Waals surface area contributed by atoms with Gasteiger partial charge in [-0.15, -0.1) is 0 Å². The Labute approximate surface area is 179 Å². The molecule has 0 saturated heterocycles. The number of aromatic amines is 1. The lowest BCUT2D eigenvalue weighted by atomic mass is 10.1. The number of H-pyrrole nitrogens is 1. The number of ether oxygens (including phenoxy) is 2. The van der Waals surface area contributed by atoms with Crippen LogP contribution in [0.2, 0.25) is 5.02 Å². The molecule has 0 unspecified atom stereocenters. The largest absolute Gasteiger partial charge is 0.493 e. The summed E-state index contributed by atoms with van der Waals surface area (Å²) in [5.74, 6) is 1.69. The van der Waals surface area contributed by atoms with Crippen LogP contribution in [0.15, 0.2) is 66.7 Å². The van der Waals surface area contributed by atoms with E-state index < -0.39 is 0 Å². The van der Waals surface area contributed by atoms with Gasteiger partial charge in [0.1, 0.15) is 18.5 Å². The van der Waals surface area contributed by atoms with E-state index in [0.29, 0.717) is 34.5 Å². The third-order valence-corrected chi connectivity index (χ3v) is 4.97. The van der Waals surface area contributed by atoms with Gasteiger partial charge in [-0.3, -0.25) is 0 Å². The van der Waals surface area contributed by atoms with Crippen molar-refractivity contribution in [1.29, 1.82) is 5.26 Å². The third-order valence-electron chi connectivity index (χ3n) is 4.60. The second-order valence-corrected chi connectivity index (χ2v) is 6.97. The van der Waals surface area contributed by atoms with E-state index >= 15 is 0 Å². The number of allylic oxidation sites excluding steroid dienone is 1. The maximum Gasteiger partial charge on any atom is 0.161 e. The van der Waals surface area contributed by atoms with Gasteiger partial charge in [-0.05, 0) is 42.0 Å². The number of fused-ring (bicyclic) bond motifs is 1. The van der Waals surface area contributed by atoms with Gasteiger partial charge < -0.3 is 14.5 Å². The Morgan fingerprint density at radius 1 is 1.10 bits per heavy atom. The molecule has 1 aromatic heterocycles. The Balaban J connectivity index is 1.59. The Morgan fingerprint density at radius 3 is 2.67 bits per heavy atom. The summed E-state index contributed by atoms with van der Waals surface area (Å²) in [7, 11) is 1.58. The minimum absolute atomic E-state index is 0.327. The van der Waals surface area contributed by atoms with Gasteiger partial charge in [0.05, 0.1) is 23.7 Å². The molecule has 0 atom stereocenters. The van der Waals surface area contributed by atoms with Crippen LogP contribution in [0.25, 0.3) is 22.7 Å². The Hall–Kier alpha value is -3.75. The number of nitrogens with one attached hydrogen (secondary N) is 1. The number of methoxy groups -OCH3 is 1. The van der Waals surface area contributed by atoms with Crippen molar-refractivity contribution in [2.75, 3.05) is 7.11 Å². The number of hydrogen-bond acceptors (Lipinski definition) is 4. The molecule has 1 heterocycles.